The highest BCUT2D eigenvalue weighted by molar-refractivity contribution is 5.99. The van der Waals surface area contributed by atoms with Gasteiger partial charge in [-0.1, -0.05) is 24.3 Å². The summed E-state index contributed by atoms with van der Waals surface area (Å²) in [6.07, 6.45) is 1.36. The minimum Gasteiger partial charge on any atom is -0.329 e. The number of aromatic nitrogens is 2. The Morgan fingerprint density at radius 3 is 2.70 bits per heavy atom. The van der Waals surface area contributed by atoms with Crippen molar-refractivity contribution in [2.75, 3.05) is 19.6 Å². The maximum atomic E-state index is 14.4. The summed E-state index contributed by atoms with van der Waals surface area (Å²) >= 11 is 0. The first kappa shape index (κ1) is 19.4. The first-order valence-electron chi connectivity index (χ1n) is 9.36. The third-order valence-corrected chi connectivity index (χ3v) is 5.15. The smallest absolute Gasteiger partial charge is 0.272 e. The lowest BCUT2D eigenvalue weighted by atomic mass is 10.0. The van der Waals surface area contributed by atoms with E-state index in [4.69, 9.17) is 10.8 Å². The highest BCUT2D eigenvalue weighted by Gasteiger charge is 2.26. The fraction of sp³-hybridized carbons (Fsp3) is 0.190. The third-order valence-electron chi connectivity index (χ3n) is 5.15. The molecule has 0 saturated carbocycles. The zero-order chi connectivity index (χ0) is 21.3. The van der Waals surface area contributed by atoms with Gasteiger partial charge in [-0.25, -0.2) is 9.49 Å². The van der Waals surface area contributed by atoms with Crippen LogP contribution in [-0.4, -0.2) is 57.7 Å². The van der Waals surface area contributed by atoms with Gasteiger partial charge >= 0.3 is 0 Å². The molecule has 3 aromatic rings. The van der Waals surface area contributed by atoms with Gasteiger partial charge in [0.15, 0.2) is 0 Å². The molecular weight excluding hydrogens is 387 g/mol. The summed E-state index contributed by atoms with van der Waals surface area (Å²) in [5, 5.41) is 23.0. The molecule has 2 heterocycles. The first-order chi connectivity index (χ1) is 14.5. The standard InChI is InChI=1S/C21H19FN6O2/c22-17-6-5-13(10-18-14-3-1-2-4-15(14)20(29)26-25-18)9-16(17)21(30)27-7-8-28(12-23)19(24)11-27/h1-6,9,12,23-24H,7-8,10-11H2,(H,26,29). The fourth-order valence-electron chi connectivity index (χ4n) is 3.55. The maximum absolute atomic E-state index is 14.4. The van der Waals surface area contributed by atoms with Crippen molar-refractivity contribution in [3.8, 4) is 0 Å². The summed E-state index contributed by atoms with van der Waals surface area (Å²) < 4.78 is 14.4. The molecule has 0 radical (unpaired) electrons. The van der Waals surface area contributed by atoms with Gasteiger partial charge in [0.2, 0.25) is 0 Å². The normalized spacial score (nSPS) is 14.2. The Bertz CT molecular complexity index is 1220. The van der Waals surface area contributed by atoms with E-state index in [1.165, 1.54) is 21.9 Å². The third kappa shape index (κ3) is 3.57. The van der Waals surface area contributed by atoms with Gasteiger partial charge in [0.25, 0.3) is 11.5 Å². The minimum absolute atomic E-state index is 0.0179. The quantitative estimate of drug-likeness (QED) is 0.454. The molecule has 3 N–H and O–H groups in total. The van der Waals surface area contributed by atoms with Crippen molar-refractivity contribution in [2.24, 2.45) is 0 Å². The highest BCUT2D eigenvalue weighted by atomic mass is 19.1. The van der Waals surface area contributed by atoms with Crippen LogP contribution in [0.3, 0.4) is 0 Å². The van der Waals surface area contributed by atoms with E-state index in [1.54, 1.807) is 24.3 Å². The average molecular weight is 406 g/mol. The number of nitrogens with one attached hydrogen (secondary N) is 3. The zero-order valence-corrected chi connectivity index (χ0v) is 16.0. The molecule has 9 heteroatoms. The number of hydrogen-bond acceptors (Lipinski definition) is 5. The largest absolute Gasteiger partial charge is 0.329 e. The summed E-state index contributed by atoms with van der Waals surface area (Å²) in [6, 6.07) is 11.4. The van der Waals surface area contributed by atoms with Crippen LogP contribution in [-0.2, 0) is 6.42 Å². The van der Waals surface area contributed by atoms with Crippen LogP contribution in [0.25, 0.3) is 10.8 Å². The Hall–Kier alpha value is -3.88. The van der Waals surface area contributed by atoms with E-state index in [-0.39, 0.29) is 23.5 Å². The van der Waals surface area contributed by atoms with E-state index in [2.05, 4.69) is 10.2 Å². The van der Waals surface area contributed by atoms with Crippen LogP contribution in [0.1, 0.15) is 21.6 Å². The van der Waals surface area contributed by atoms with Crippen LogP contribution in [0.15, 0.2) is 47.3 Å². The second-order valence-corrected chi connectivity index (χ2v) is 7.03. The van der Waals surface area contributed by atoms with Crippen molar-refractivity contribution in [3.05, 3.63) is 75.5 Å². The molecule has 0 bridgehead atoms. The number of carbonyl (C=O) groups excluding carboxylic acids is 1. The van der Waals surface area contributed by atoms with Crippen LogP contribution >= 0.6 is 0 Å². The monoisotopic (exact) mass is 406 g/mol. The van der Waals surface area contributed by atoms with Crippen molar-refractivity contribution < 1.29 is 9.18 Å². The molecule has 1 aromatic heterocycles. The molecule has 0 spiro atoms. The van der Waals surface area contributed by atoms with Crippen molar-refractivity contribution in [2.45, 2.75) is 6.42 Å². The number of piperazine rings is 1. The van der Waals surface area contributed by atoms with Crippen LogP contribution in [0.4, 0.5) is 4.39 Å². The molecule has 30 heavy (non-hydrogen) atoms. The number of nitrogens with zero attached hydrogens (tertiary/aromatic N) is 3. The van der Waals surface area contributed by atoms with Crippen molar-refractivity contribution >= 4 is 28.9 Å². The number of halogens is 1. The second kappa shape index (κ2) is 7.86. The molecular formula is C21H19FN6O2. The van der Waals surface area contributed by atoms with Crippen LogP contribution in [0, 0.1) is 16.6 Å². The summed E-state index contributed by atoms with van der Waals surface area (Å²) in [4.78, 5) is 27.7. The van der Waals surface area contributed by atoms with Gasteiger partial charge in [0.1, 0.15) is 11.7 Å². The van der Waals surface area contributed by atoms with Gasteiger partial charge in [-0.2, -0.15) is 5.10 Å². The Morgan fingerprint density at radius 2 is 1.97 bits per heavy atom. The van der Waals surface area contributed by atoms with E-state index < -0.39 is 11.7 Å². The SMILES string of the molecule is N=CN1CCN(C(=O)c2cc(Cc3n[nH]c(=O)c4ccccc34)ccc2F)CC1=N. The number of amidine groups is 1. The lowest BCUT2D eigenvalue weighted by Gasteiger charge is -2.33. The number of rotatable bonds is 4. The summed E-state index contributed by atoms with van der Waals surface area (Å²) in [7, 11) is 0. The number of H-pyrrole nitrogens is 1. The predicted molar refractivity (Wildman–Crippen MR) is 111 cm³/mol. The number of amides is 1. The van der Waals surface area contributed by atoms with Gasteiger partial charge in [0, 0.05) is 24.9 Å². The fourth-order valence-corrected chi connectivity index (χ4v) is 3.55. The number of fused-ring (bicyclic) bond motifs is 1. The number of carbonyl (C=O) groups is 1. The molecule has 1 aliphatic rings. The zero-order valence-electron chi connectivity index (χ0n) is 16.0. The number of aromatic amines is 1. The topological polar surface area (TPSA) is 117 Å². The van der Waals surface area contributed by atoms with Crippen molar-refractivity contribution in [1.82, 2.24) is 20.0 Å². The second-order valence-electron chi connectivity index (χ2n) is 7.03. The molecule has 8 nitrogen and oxygen atoms in total. The molecule has 4 rings (SSSR count). The predicted octanol–water partition coefficient (Wildman–Crippen LogP) is 2.00. The summed E-state index contributed by atoms with van der Waals surface area (Å²) in [5.74, 6) is -1.02. The Morgan fingerprint density at radius 1 is 1.20 bits per heavy atom. The van der Waals surface area contributed by atoms with E-state index in [0.29, 0.717) is 41.5 Å². The van der Waals surface area contributed by atoms with E-state index in [0.717, 1.165) is 6.34 Å². The van der Waals surface area contributed by atoms with Crippen LogP contribution in [0.5, 0.6) is 0 Å². The molecule has 0 aliphatic carbocycles. The molecule has 1 saturated heterocycles. The van der Waals surface area contributed by atoms with Crippen molar-refractivity contribution in [1.29, 1.82) is 10.8 Å². The van der Waals surface area contributed by atoms with Crippen molar-refractivity contribution in [3.63, 3.8) is 0 Å². The van der Waals surface area contributed by atoms with Crippen LogP contribution in [0.2, 0.25) is 0 Å². The molecule has 2 aromatic carbocycles. The Balaban J connectivity index is 1.62. The lowest BCUT2D eigenvalue weighted by Crippen LogP contribution is -2.51. The molecule has 1 fully saturated rings. The van der Waals surface area contributed by atoms with Gasteiger partial charge in [-0.3, -0.25) is 20.4 Å². The lowest BCUT2D eigenvalue weighted by molar-refractivity contribution is 0.0753. The van der Waals surface area contributed by atoms with Gasteiger partial charge < -0.3 is 9.80 Å². The molecule has 1 amide bonds. The molecule has 152 valence electrons. The average Bonchev–Trinajstić information content (AvgIpc) is 2.76. The number of hydrogen-bond donors (Lipinski definition) is 3. The Kier molecular flexibility index (Phi) is 5.09. The number of benzene rings is 2. The minimum atomic E-state index is -0.635. The van der Waals surface area contributed by atoms with E-state index in [9.17, 15) is 14.0 Å². The molecule has 0 atom stereocenters. The maximum Gasteiger partial charge on any atom is 0.272 e. The van der Waals surface area contributed by atoms with E-state index >= 15 is 0 Å². The van der Waals surface area contributed by atoms with Gasteiger partial charge in [-0.05, 0) is 23.8 Å². The summed E-state index contributed by atoms with van der Waals surface area (Å²) in [6.45, 7) is 0.638. The van der Waals surface area contributed by atoms with Crippen LogP contribution < -0.4 is 5.56 Å². The highest BCUT2D eigenvalue weighted by Crippen LogP contribution is 2.20. The Labute approximate surface area is 171 Å². The molecule has 1 aliphatic heterocycles. The van der Waals surface area contributed by atoms with Gasteiger partial charge in [0.05, 0.1) is 29.5 Å². The summed E-state index contributed by atoms with van der Waals surface area (Å²) in [5.41, 5.74) is 0.947. The first-order valence-corrected chi connectivity index (χ1v) is 9.36. The van der Waals surface area contributed by atoms with Gasteiger partial charge in [-0.15, -0.1) is 0 Å². The molecule has 0 unspecified atom stereocenters. The van der Waals surface area contributed by atoms with E-state index in [1.807, 2.05) is 6.07 Å².